The van der Waals surface area contributed by atoms with Gasteiger partial charge in [0.25, 0.3) is 0 Å². The first-order chi connectivity index (χ1) is 10.0. The lowest BCUT2D eigenvalue weighted by Gasteiger charge is -2.09. The number of anilines is 2. The van der Waals surface area contributed by atoms with Crippen LogP contribution in [0.15, 0.2) is 42.5 Å². The summed E-state index contributed by atoms with van der Waals surface area (Å²) < 4.78 is 6.64. The Morgan fingerprint density at radius 1 is 1.24 bits per heavy atom. The number of carbonyl (C=O) groups excluding carboxylic acids is 1. The number of carbonyl (C=O) groups is 1. The Morgan fingerprint density at radius 3 is 2.62 bits per heavy atom. The van der Waals surface area contributed by atoms with Crippen LogP contribution in [-0.4, -0.2) is 12.5 Å². The number of amides is 1. The van der Waals surface area contributed by atoms with Crippen molar-refractivity contribution in [3.63, 3.8) is 0 Å². The summed E-state index contributed by atoms with van der Waals surface area (Å²) in [6.07, 6.45) is 0.244. The highest BCUT2D eigenvalue weighted by Gasteiger charge is 2.06. The Balaban J connectivity index is 1.81. The molecular weight excluding hydrogens is 403 g/mol. The van der Waals surface area contributed by atoms with E-state index in [4.69, 9.17) is 22.1 Å². The van der Waals surface area contributed by atoms with Gasteiger partial charge in [-0.05, 0) is 65.1 Å². The average Bonchev–Trinajstić information content (AvgIpc) is 2.44. The van der Waals surface area contributed by atoms with Crippen molar-refractivity contribution < 1.29 is 9.53 Å². The van der Waals surface area contributed by atoms with E-state index in [-0.39, 0.29) is 12.3 Å². The SMILES string of the molecule is Nc1cc(Cl)ccc1NC(=O)CCOc1ccc(I)cc1. The van der Waals surface area contributed by atoms with Gasteiger partial charge in [-0.1, -0.05) is 11.6 Å². The zero-order chi connectivity index (χ0) is 15.2. The largest absolute Gasteiger partial charge is 0.493 e. The Kier molecular flexibility index (Phi) is 5.69. The van der Waals surface area contributed by atoms with E-state index in [1.807, 2.05) is 24.3 Å². The molecular formula is C15H14ClIN2O2. The van der Waals surface area contributed by atoms with Gasteiger partial charge in [-0.15, -0.1) is 0 Å². The van der Waals surface area contributed by atoms with Crippen LogP contribution in [0.1, 0.15) is 6.42 Å². The van der Waals surface area contributed by atoms with Crippen molar-refractivity contribution in [3.05, 3.63) is 51.1 Å². The molecule has 1 amide bonds. The maximum absolute atomic E-state index is 11.8. The molecule has 21 heavy (non-hydrogen) atoms. The van der Waals surface area contributed by atoms with E-state index in [1.165, 1.54) is 0 Å². The van der Waals surface area contributed by atoms with E-state index in [1.54, 1.807) is 18.2 Å². The normalized spacial score (nSPS) is 10.2. The van der Waals surface area contributed by atoms with Crippen molar-refractivity contribution in [2.24, 2.45) is 0 Å². The summed E-state index contributed by atoms with van der Waals surface area (Å²) in [4.78, 5) is 11.8. The van der Waals surface area contributed by atoms with Crippen molar-refractivity contribution in [3.8, 4) is 5.75 Å². The number of nitrogen functional groups attached to an aromatic ring is 1. The number of hydrogen-bond acceptors (Lipinski definition) is 3. The molecule has 110 valence electrons. The fourth-order valence-electron chi connectivity index (χ4n) is 1.65. The Morgan fingerprint density at radius 2 is 1.95 bits per heavy atom. The summed E-state index contributed by atoms with van der Waals surface area (Å²) in [6.45, 7) is 0.305. The van der Waals surface area contributed by atoms with Crippen LogP contribution in [0.25, 0.3) is 0 Å². The molecule has 6 heteroatoms. The fraction of sp³-hybridized carbons (Fsp3) is 0.133. The third-order valence-corrected chi connectivity index (χ3v) is 3.65. The fourth-order valence-corrected chi connectivity index (χ4v) is 2.19. The van der Waals surface area contributed by atoms with Crippen molar-refractivity contribution >= 4 is 51.5 Å². The number of nitrogens with two attached hydrogens (primary N) is 1. The summed E-state index contributed by atoms with van der Waals surface area (Å²) in [5.41, 5.74) is 6.77. The molecule has 0 radical (unpaired) electrons. The predicted molar refractivity (Wildman–Crippen MR) is 93.8 cm³/mol. The minimum atomic E-state index is -0.158. The third-order valence-electron chi connectivity index (χ3n) is 2.70. The maximum Gasteiger partial charge on any atom is 0.227 e. The smallest absolute Gasteiger partial charge is 0.227 e. The Hall–Kier alpha value is -1.47. The van der Waals surface area contributed by atoms with Gasteiger partial charge in [-0.25, -0.2) is 0 Å². The standard InChI is InChI=1S/C15H14ClIN2O2/c16-10-1-6-14(13(18)9-10)19-15(20)7-8-21-12-4-2-11(17)3-5-12/h1-6,9H,7-8,18H2,(H,19,20). The highest BCUT2D eigenvalue weighted by Crippen LogP contribution is 2.22. The van der Waals surface area contributed by atoms with E-state index in [0.29, 0.717) is 23.0 Å². The lowest BCUT2D eigenvalue weighted by molar-refractivity contribution is -0.116. The number of nitrogens with one attached hydrogen (secondary N) is 1. The molecule has 0 fully saturated rings. The first-order valence-corrected chi connectivity index (χ1v) is 7.73. The first-order valence-electron chi connectivity index (χ1n) is 6.28. The van der Waals surface area contributed by atoms with E-state index >= 15 is 0 Å². The average molecular weight is 417 g/mol. The van der Waals surface area contributed by atoms with Gasteiger partial charge in [0.15, 0.2) is 0 Å². The van der Waals surface area contributed by atoms with Crippen LogP contribution >= 0.6 is 34.2 Å². The molecule has 3 N–H and O–H groups in total. The van der Waals surface area contributed by atoms with Crippen LogP contribution in [-0.2, 0) is 4.79 Å². The molecule has 0 bridgehead atoms. The van der Waals surface area contributed by atoms with Crippen LogP contribution in [0.2, 0.25) is 5.02 Å². The molecule has 0 aliphatic carbocycles. The molecule has 4 nitrogen and oxygen atoms in total. The minimum Gasteiger partial charge on any atom is -0.493 e. The molecule has 0 aliphatic rings. The van der Waals surface area contributed by atoms with Gasteiger partial charge in [0, 0.05) is 8.59 Å². The predicted octanol–water partition coefficient (Wildman–Crippen LogP) is 3.93. The molecule has 0 saturated heterocycles. The minimum absolute atomic E-state index is 0.158. The number of ether oxygens (including phenoxy) is 1. The maximum atomic E-state index is 11.8. The van der Waals surface area contributed by atoms with Crippen LogP contribution in [0.4, 0.5) is 11.4 Å². The zero-order valence-corrected chi connectivity index (χ0v) is 14.0. The van der Waals surface area contributed by atoms with Gasteiger partial charge >= 0.3 is 0 Å². The Bertz CT molecular complexity index is 632. The summed E-state index contributed by atoms with van der Waals surface area (Å²) in [5, 5.41) is 3.26. The molecule has 0 unspecified atom stereocenters. The molecule has 0 aromatic heterocycles. The van der Waals surface area contributed by atoms with E-state index < -0.39 is 0 Å². The van der Waals surface area contributed by atoms with E-state index in [2.05, 4.69) is 27.9 Å². The molecule has 0 atom stereocenters. The van der Waals surface area contributed by atoms with Crippen LogP contribution < -0.4 is 15.8 Å². The quantitative estimate of drug-likeness (QED) is 0.573. The van der Waals surface area contributed by atoms with Crippen LogP contribution in [0.5, 0.6) is 5.75 Å². The van der Waals surface area contributed by atoms with E-state index in [9.17, 15) is 4.79 Å². The van der Waals surface area contributed by atoms with Gasteiger partial charge in [-0.2, -0.15) is 0 Å². The molecule has 2 aromatic rings. The van der Waals surface area contributed by atoms with Gasteiger partial charge in [0.05, 0.1) is 24.4 Å². The van der Waals surface area contributed by atoms with Crippen LogP contribution in [0, 0.1) is 3.57 Å². The zero-order valence-electron chi connectivity index (χ0n) is 11.1. The third kappa shape index (κ3) is 5.09. The van der Waals surface area contributed by atoms with Gasteiger partial charge in [0.2, 0.25) is 5.91 Å². The molecule has 2 aromatic carbocycles. The van der Waals surface area contributed by atoms with Crippen molar-refractivity contribution in [1.82, 2.24) is 0 Å². The molecule has 0 spiro atoms. The molecule has 0 aliphatic heterocycles. The lowest BCUT2D eigenvalue weighted by Crippen LogP contribution is -2.16. The summed E-state index contributed by atoms with van der Waals surface area (Å²) in [5.74, 6) is 0.587. The second-order valence-electron chi connectivity index (χ2n) is 4.33. The number of rotatable bonds is 5. The summed E-state index contributed by atoms with van der Waals surface area (Å²) in [7, 11) is 0. The van der Waals surface area contributed by atoms with Gasteiger partial charge < -0.3 is 15.8 Å². The number of benzene rings is 2. The Labute approximate surface area is 141 Å². The number of hydrogen-bond donors (Lipinski definition) is 2. The van der Waals surface area contributed by atoms with Crippen LogP contribution in [0.3, 0.4) is 0 Å². The number of halogens is 2. The molecule has 0 saturated carbocycles. The van der Waals surface area contributed by atoms with Crippen molar-refractivity contribution in [1.29, 1.82) is 0 Å². The first kappa shape index (κ1) is 15.9. The van der Waals surface area contributed by atoms with Crippen molar-refractivity contribution in [2.45, 2.75) is 6.42 Å². The topological polar surface area (TPSA) is 64.3 Å². The van der Waals surface area contributed by atoms with Gasteiger partial charge in [0.1, 0.15) is 5.75 Å². The summed E-state index contributed by atoms with van der Waals surface area (Å²) in [6, 6.07) is 12.6. The second-order valence-corrected chi connectivity index (χ2v) is 6.01. The second kappa shape index (κ2) is 7.51. The van der Waals surface area contributed by atoms with E-state index in [0.717, 1.165) is 9.32 Å². The van der Waals surface area contributed by atoms with Crippen molar-refractivity contribution in [2.75, 3.05) is 17.7 Å². The molecule has 0 heterocycles. The molecule has 2 rings (SSSR count). The van der Waals surface area contributed by atoms with Gasteiger partial charge in [-0.3, -0.25) is 4.79 Å². The lowest BCUT2D eigenvalue weighted by atomic mass is 10.2. The highest BCUT2D eigenvalue weighted by atomic mass is 127. The summed E-state index contributed by atoms with van der Waals surface area (Å²) >= 11 is 8.02. The monoisotopic (exact) mass is 416 g/mol. The highest BCUT2D eigenvalue weighted by molar-refractivity contribution is 14.1.